The number of hydrogen-bond donors (Lipinski definition) is 0. The first-order chi connectivity index (χ1) is 10.9. The molecule has 1 atom stereocenters. The summed E-state index contributed by atoms with van der Waals surface area (Å²) in [6.45, 7) is 3.68. The van der Waals surface area contributed by atoms with Gasteiger partial charge in [-0.3, -0.25) is 9.59 Å². The summed E-state index contributed by atoms with van der Waals surface area (Å²) in [6.07, 6.45) is 0. The van der Waals surface area contributed by atoms with Crippen molar-refractivity contribution >= 4 is 23.4 Å². The Morgan fingerprint density at radius 1 is 1.17 bits per heavy atom. The predicted molar refractivity (Wildman–Crippen MR) is 86.3 cm³/mol. The highest BCUT2D eigenvalue weighted by Crippen LogP contribution is 2.29. The molecule has 0 N–H and O–H groups in total. The maximum absolute atomic E-state index is 13.2. The molecule has 0 aliphatic carbocycles. The molecule has 0 fully saturated rings. The van der Waals surface area contributed by atoms with Crippen LogP contribution in [0.25, 0.3) is 0 Å². The molecule has 0 aliphatic heterocycles. The molecule has 23 heavy (non-hydrogen) atoms. The van der Waals surface area contributed by atoms with E-state index in [4.69, 9.17) is 16.3 Å². The molecule has 0 radical (unpaired) electrons. The van der Waals surface area contributed by atoms with Gasteiger partial charge in [-0.1, -0.05) is 47.5 Å². The number of aryl methyl sites for hydroxylation is 1. The van der Waals surface area contributed by atoms with E-state index in [0.29, 0.717) is 5.56 Å². The molecular weight excluding hydrogens is 319 g/mol. The number of Topliss-reactive ketones (excluding diaryl/α,β-unsaturated/α-hetero) is 1. The Bertz CT molecular complexity index is 726. The first-order valence-corrected chi connectivity index (χ1v) is 7.54. The van der Waals surface area contributed by atoms with Gasteiger partial charge in [0, 0.05) is 10.6 Å². The van der Waals surface area contributed by atoms with Crippen LogP contribution in [0.4, 0.5) is 4.39 Å². The lowest BCUT2D eigenvalue weighted by Crippen LogP contribution is -2.25. The van der Waals surface area contributed by atoms with Gasteiger partial charge >= 0.3 is 5.97 Å². The number of carbonyl (C=O) groups is 2. The van der Waals surface area contributed by atoms with Crippen molar-refractivity contribution in [2.45, 2.75) is 19.8 Å². The summed E-state index contributed by atoms with van der Waals surface area (Å²) in [4.78, 5) is 25.0. The molecule has 0 saturated heterocycles. The van der Waals surface area contributed by atoms with Crippen LogP contribution in [-0.2, 0) is 9.53 Å². The van der Waals surface area contributed by atoms with Crippen molar-refractivity contribution in [1.29, 1.82) is 0 Å². The van der Waals surface area contributed by atoms with Gasteiger partial charge in [0.2, 0.25) is 0 Å². The lowest BCUT2D eigenvalue weighted by atomic mass is 9.90. The first-order valence-electron chi connectivity index (χ1n) is 7.16. The minimum absolute atomic E-state index is 0.0171. The number of esters is 1. The van der Waals surface area contributed by atoms with E-state index in [1.807, 2.05) is 6.92 Å². The Morgan fingerprint density at radius 3 is 2.39 bits per heavy atom. The van der Waals surface area contributed by atoms with Crippen LogP contribution in [0.2, 0.25) is 5.02 Å². The minimum atomic E-state index is -1.22. The largest absolute Gasteiger partial charge is 0.465 e. The molecule has 120 valence electrons. The van der Waals surface area contributed by atoms with Crippen LogP contribution in [0.1, 0.15) is 34.3 Å². The first kappa shape index (κ1) is 17.2. The smallest absolute Gasteiger partial charge is 0.321 e. The fourth-order valence-electron chi connectivity index (χ4n) is 2.22. The Balaban J connectivity index is 2.47. The number of ether oxygens (including phenoxy) is 1. The molecule has 2 aromatic rings. The minimum Gasteiger partial charge on any atom is -0.465 e. The summed E-state index contributed by atoms with van der Waals surface area (Å²) in [7, 11) is 0. The summed E-state index contributed by atoms with van der Waals surface area (Å²) in [5.74, 6) is -2.89. The third-order valence-corrected chi connectivity index (χ3v) is 3.72. The van der Waals surface area contributed by atoms with Crippen LogP contribution in [0, 0.1) is 12.7 Å². The van der Waals surface area contributed by atoms with Crippen molar-refractivity contribution in [3.63, 3.8) is 0 Å². The monoisotopic (exact) mass is 334 g/mol. The van der Waals surface area contributed by atoms with Crippen molar-refractivity contribution in [1.82, 2.24) is 0 Å². The quantitative estimate of drug-likeness (QED) is 0.464. The third kappa shape index (κ3) is 3.96. The lowest BCUT2D eigenvalue weighted by molar-refractivity contribution is -0.143. The van der Waals surface area contributed by atoms with Gasteiger partial charge in [0.1, 0.15) is 11.7 Å². The van der Waals surface area contributed by atoms with Crippen LogP contribution >= 0.6 is 11.6 Å². The van der Waals surface area contributed by atoms with E-state index in [1.165, 1.54) is 6.07 Å². The van der Waals surface area contributed by atoms with E-state index in [-0.39, 0.29) is 17.2 Å². The molecule has 2 rings (SSSR count). The van der Waals surface area contributed by atoms with E-state index in [0.717, 1.165) is 17.7 Å². The second-order valence-corrected chi connectivity index (χ2v) is 5.49. The van der Waals surface area contributed by atoms with Crippen LogP contribution in [0.3, 0.4) is 0 Å². The van der Waals surface area contributed by atoms with Crippen molar-refractivity contribution in [3.8, 4) is 0 Å². The highest BCUT2D eigenvalue weighted by molar-refractivity contribution is 6.32. The van der Waals surface area contributed by atoms with Gasteiger partial charge < -0.3 is 4.74 Å². The maximum Gasteiger partial charge on any atom is 0.321 e. The molecule has 0 spiro atoms. The summed E-state index contributed by atoms with van der Waals surface area (Å²) in [6, 6.07) is 10.4. The SMILES string of the molecule is CCOC(=O)C(C(=O)c1ccc(C)cc1)c1ccc(F)cc1Cl. The molecule has 0 aliphatic rings. The topological polar surface area (TPSA) is 43.4 Å². The Kier molecular flexibility index (Phi) is 5.50. The zero-order valence-corrected chi connectivity index (χ0v) is 13.6. The van der Waals surface area contributed by atoms with Crippen molar-refractivity contribution in [2.75, 3.05) is 6.61 Å². The summed E-state index contributed by atoms with van der Waals surface area (Å²) >= 11 is 6.03. The third-order valence-electron chi connectivity index (χ3n) is 3.39. The fourth-order valence-corrected chi connectivity index (χ4v) is 2.50. The highest BCUT2D eigenvalue weighted by atomic mass is 35.5. The van der Waals surface area contributed by atoms with Crippen LogP contribution in [-0.4, -0.2) is 18.4 Å². The number of benzene rings is 2. The van der Waals surface area contributed by atoms with Gasteiger partial charge in [0.25, 0.3) is 0 Å². The van der Waals surface area contributed by atoms with Crippen molar-refractivity contribution < 1.29 is 18.7 Å². The summed E-state index contributed by atoms with van der Waals surface area (Å²) < 4.78 is 18.2. The molecule has 0 amide bonds. The summed E-state index contributed by atoms with van der Waals surface area (Å²) in [5, 5.41) is 0.0171. The molecule has 2 aromatic carbocycles. The Morgan fingerprint density at radius 2 is 1.83 bits per heavy atom. The zero-order chi connectivity index (χ0) is 17.0. The van der Waals surface area contributed by atoms with Crippen molar-refractivity contribution in [3.05, 3.63) is 70.0 Å². The van der Waals surface area contributed by atoms with Gasteiger partial charge in [-0.2, -0.15) is 0 Å². The number of rotatable bonds is 5. The van der Waals surface area contributed by atoms with Gasteiger partial charge in [-0.05, 0) is 31.5 Å². The fraction of sp³-hybridized carbons (Fsp3) is 0.222. The van der Waals surface area contributed by atoms with Crippen molar-refractivity contribution in [2.24, 2.45) is 0 Å². The number of carbonyl (C=O) groups excluding carboxylic acids is 2. The van der Waals surface area contributed by atoms with Crippen LogP contribution < -0.4 is 0 Å². The Labute approximate surface area is 139 Å². The van der Waals surface area contributed by atoms with E-state index >= 15 is 0 Å². The Hall–Kier alpha value is -2.20. The standard InChI is InChI=1S/C18H16ClFO3/c1-3-23-18(22)16(14-9-8-13(20)10-15(14)19)17(21)12-6-4-11(2)5-7-12/h4-10,16H,3H2,1-2H3. The normalized spacial score (nSPS) is 11.8. The lowest BCUT2D eigenvalue weighted by Gasteiger charge is -2.16. The van der Waals surface area contributed by atoms with Gasteiger partial charge in [-0.25, -0.2) is 4.39 Å². The van der Waals surface area contributed by atoms with E-state index < -0.39 is 23.5 Å². The highest BCUT2D eigenvalue weighted by Gasteiger charge is 2.32. The average molecular weight is 335 g/mol. The predicted octanol–water partition coefficient (Wildman–Crippen LogP) is 4.32. The second kappa shape index (κ2) is 7.38. The molecule has 0 heterocycles. The van der Waals surface area contributed by atoms with Gasteiger partial charge in [-0.15, -0.1) is 0 Å². The van der Waals surface area contributed by atoms with Gasteiger partial charge in [0.05, 0.1) is 6.61 Å². The van der Waals surface area contributed by atoms with Gasteiger partial charge in [0.15, 0.2) is 5.78 Å². The molecule has 0 saturated carbocycles. The van der Waals surface area contributed by atoms with Crippen LogP contribution in [0.15, 0.2) is 42.5 Å². The maximum atomic E-state index is 13.2. The number of halogens is 2. The van der Waals surface area contributed by atoms with E-state index in [2.05, 4.69) is 0 Å². The molecule has 3 nitrogen and oxygen atoms in total. The second-order valence-electron chi connectivity index (χ2n) is 5.08. The molecule has 5 heteroatoms. The van der Waals surface area contributed by atoms with E-state index in [9.17, 15) is 14.0 Å². The average Bonchev–Trinajstić information content (AvgIpc) is 2.50. The van der Waals surface area contributed by atoms with E-state index in [1.54, 1.807) is 31.2 Å². The zero-order valence-electron chi connectivity index (χ0n) is 12.8. The molecular formula is C18H16ClFO3. The molecule has 0 bridgehead atoms. The summed E-state index contributed by atoms with van der Waals surface area (Å²) in [5.41, 5.74) is 1.60. The number of ketones is 1. The molecule has 0 aromatic heterocycles. The molecule has 1 unspecified atom stereocenters. The number of hydrogen-bond acceptors (Lipinski definition) is 3. The van der Waals surface area contributed by atoms with Crippen LogP contribution in [0.5, 0.6) is 0 Å².